The van der Waals surface area contributed by atoms with Crippen LogP contribution in [0.3, 0.4) is 0 Å². The Balaban J connectivity index is 1.75. The van der Waals surface area contributed by atoms with Crippen LogP contribution in [0, 0.1) is 5.92 Å². The lowest BCUT2D eigenvalue weighted by atomic mass is 9.99. The van der Waals surface area contributed by atoms with Crippen LogP contribution in [0.2, 0.25) is 5.02 Å². The molecule has 1 aliphatic heterocycles. The molecule has 1 amide bonds. The third-order valence-electron chi connectivity index (χ3n) is 3.72. The maximum absolute atomic E-state index is 12.1. The topological polar surface area (TPSA) is 75.7 Å². The van der Waals surface area contributed by atoms with E-state index < -0.39 is 10.0 Å². The van der Waals surface area contributed by atoms with E-state index in [2.05, 4.69) is 5.32 Å². The van der Waals surface area contributed by atoms with Crippen molar-refractivity contribution in [2.45, 2.75) is 12.8 Å². The van der Waals surface area contributed by atoms with Crippen molar-refractivity contribution in [1.29, 1.82) is 0 Å². The number of hydrogen-bond donors (Lipinski definition) is 1. The third-order valence-corrected chi connectivity index (χ3v) is 5.30. The summed E-state index contributed by atoms with van der Waals surface area (Å²) in [5, 5.41) is 3.31. The second-order valence-electron chi connectivity index (χ2n) is 5.53. The van der Waals surface area contributed by atoms with Crippen molar-refractivity contribution in [3.8, 4) is 5.75 Å². The van der Waals surface area contributed by atoms with Gasteiger partial charge in [0, 0.05) is 13.1 Å². The van der Waals surface area contributed by atoms with Crippen molar-refractivity contribution < 1.29 is 17.9 Å². The summed E-state index contributed by atoms with van der Waals surface area (Å²) in [5.74, 6) is 0.129. The van der Waals surface area contributed by atoms with E-state index in [1.807, 2.05) is 12.1 Å². The molecule has 0 saturated carbocycles. The molecule has 6 nitrogen and oxygen atoms in total. The average molecular weight is 361 g/mol. The van der Waals surface area contributed by atoms with Crippen LogP contribution in [-0.4, -0.2) is 51.1 Å². The van der Waals surface area contributed by atoms with Gasteiger partial charge in [-0.1, -0.05) is 23.7 Å². The summed E-state index contributed by atoms with van der Waals surface area (Å²) in [4.78, 5) is 12.1. The Kier molecular flexibility index (Phi) is 6.26. The van der Waals surface area contributed by atoms with Gasteiger partial charge in [-0.15, -0.1) is 0 Å². The summed E-state index contributed by atoms with van der Waals surface area (Å²) < 4.78 is 30.0. The van der Waals surface area contributed by atoms with Gasteiger partial charge in [0.25, 0.3) is 0 Å². The molecule has 0 radical (unpaired) electrons. The average Bonchev–Trinajstić information content (AvgIpc) is 2.52. The minimum absolute atomic E-state index is 0.138. The largest absolute Gasteiger partial charge is 0.490 e. The van der Waals surface area contributed by atoms with E-state index in [0.29, 0.717) is 43.3 Å². The number of halogens is 1. The van der Waals surface area contributed by atoms with Gasteiger partial charge in [-0.2, -0.15) is 0 Å². The molecule has 0 bridgehead atoms. The highest BCUT2D eigenvalue weighted by Gasteiger charge is 2.29. The number of benzene rings is 1. The lowest BCUT2D eigenvalue weighted by molar-refractivity contribution is -0.126. The maximum atomic E-state index is 12.1. The number of hydrogen-bond acceptors (Lipinski definition) is 4. The van der Waals surface area contributed by atoms with E-state index in [1.54, 1.807) is 12.1 Å². The second-order valence-corrected chi connectivity index (χ2v) is 7.92. The number of piperidine rings is 1. The Labute approximate surface area is 141 Å². The summed E-state index contributed by atoms with van der Waals surface area (Å²) in [7, 11) is -3.24. The Bertz CT molecular complexity index is 651. The number of amides is 1. The molecule has 1 atom stereocenters. The van der Waals surface area contributed by atoms with E-state index in [-0.39, 0.29) is 18.4 Å². The third kappa shape index (κ3) is 5.37. The van der Waals surface area contributed by atoms with Crippen LogP contribution in [0.5, 0.6) is 5.75 Å². The molecule has 0 spiro atoms. The number of para-hydroxylation sites is 1. The minimum Gasteiger partial charge on any atom is -0.490 e. The summed E-state index contributed by atoms with van der Waals surface area (Å²) >= 11 is 5.97. The van der Waals surface area contributed by atoms with Crippen LogP contribution in [0.25, 0.3) is 0 Å². The molecule has 0 aromatic heterocycles. The van der Waals surface area contributed by atoms with Gasteiger partial charge in [0.15, 0.2) is 0 Å². The Morgan fingerprint density at radius 1 is 1.43 bits per heavy atom. The number of carbonyl (C=O) groups is 1. The fourth-order valence-corrected chi connectivity index (χ4v) is 3.60. The van der Waals surface area contributed by atoms with E-state index >= 15 is 0 Å². The van der Waals surface area contributed by atoms with Crippen LogP contribution < -0.4 is 10.1 Å². The smallest absolute Gasteiger partial charge is 0.224 e. The number of nitrogens with zero attached hydrogens (tertiary/aromatic N) is 1. The predicted molar refractivity (Wildman–Crippen MR) is 89.1 cm³/mol. The lowest BCUT2D eigenvalue weighted by Crippen LogP contribution is -2.45. The quantitative estimate of drug-likeness (QED) is 0.780. The molecule has 1 fully saturated rings. The molecule has 0 unspecified atom stereocenters. The van der Waals surface area contributed by atoms with Crippen molar-refractivity contribution in [3.63, 3.8) is 0 Å². The van der Waals surface area contributed by atoms with Crippen molar-refractivity contribution >= 4 is 27.5 Å². The standard InChI is InChI=1S/C15H21ClN2O4S/c1-23(20,21)18-9-4-5-12(11-18)15(19)17-8-10-22-14-7-3-2-6-13(14)16/h2-3,6-7,12H,4-5,8-11H2,1H3,(H,17,19)/t12-/m1/s1. The predicted octanol–water partition coefficient (Wildman–Crippen LogP) is 1.51. The Hall–Kier alpha value is -1.31. The second kappa shape index (κ2) is 7.99. The Morgan fingerprint density at radius 2 is 2.17 bits per heavy atom. The zero-order chi connectivity index (χ0) is 16.9. The zero-order valence-corrected chi connectivity index (χ0v) is 14.6. The van der Waals surface area contributed by atoms with Crippen LogP contribution in [0.1, 0.15) is 12.8 Å². The summed E-state index contributed by atoms with van der Waals surface area (Å²) in [6, 6.07) is 7.13. The molecule has 1 aliphatic rings. The number of carbonyl (C=O) groups excluding carboxylic acids is 1. The van der Waals surface area contributed by atoms with Crippen molar-refractivity contribution in [2.75, 3.05) is 32.5 Å². The van der Waals surface area contributed by atoms with E-state index in [0.717, 1.165) is 0 Å². The normalized spacial score (nSPS) is 19.3. The van der Waals surface area contributed by atoms with Crippen LogP contribution >= 0.6 is 11.6 Å². The number of ether oxygens (including phenoxy) is 1. The lowest BCUT2D eigenvalue weighted by Gasteiger charge is -2.30. The SMILES string of the molecule is CS(=O)(=O)N1CCC[C@@H](C(=O)NCCOc2ccccc2Cl)C1. The molecule has 8 heteroatoms. The van der Waals surface area contributed by atoms with Gasteiger partial charge in [-0.3, -0.25) is 4.79 Å². The highest BCUT2D eigenvalue weighted by Crippen LogP contribution is 2.23. The van der Waals surface area contributed by atoms with Gasteiger partial charge < -0.3 is 10.1 Å². The minimum atomic E-state index is -3.24. The van der Waals surface area contributed by atoms with Crippen molar-refractivity contribution in [3.05, 3.63) is 29.3 Å². The van der Waals surface area contributed by atoms with Crippen molar-refractivity contribution in [2.24, 2.45) is 5.92 Å². The van der Waals surface area contributed by atoms with E-state index in [4.69, 9.17) is 16.3 Å². The molecule has 1 saturated heterocycles. The first-order valence-electron chi connectivity index (χ1n) is 7.48. The molecule has 1 heterocycles. The zero-order valence-electron chi connectivity index (χ0n) is 13.0. The van der Waals surface area contributed by atoms with Gasteiger partial charge in [-0.25, -0.2) is 12.7 Å². The molecular formula is C15H21ClN2O4S. The van der Waals surface area contributed by atoms with E-state index in [9.17, 15) is 13.2 Å². The van der Waals surface area contributed by atoms with Gasteiger partial charge in [0.2, 0.25) is 15.9 Å². The molecule has 23 heavy (non-hydrogen) atoms. The summed E-state index contributed by atoms with van der Waals surface area (Å²) in [5.41, 5.74) is 0. The monoisotopic (exact) mass is 360 g/mol. The first-order valence-corrected chi connectivity index (χ1v) is 9.70. The number of rotatable bonds is 6. The van der Waals surface area contributed by atoms with E-state index in [1.165, 1.54) is 10.6 Å². The van der Waals surface area contributed by atoms with Gasteiger partial charge in [0.1, 0.15) is 12.4 Å². The fourth-order valence-electron chi connectivity index (χ4n) is 2.50. The highest BCUT2D eigenvalue weighted by atomic mass is 35.5. The first-order chi connectivity index (χ1) is 10.9. The summed E-state index contributed by atoms with van der Waals surface area (Å²) in [6.07, 6.45) is 2.56. The van der Waals surface area contributed by atoms with Crippen LogP contribution in [-0.2, 0) is 14.8 Å². The maximum Gasteiger partial charge on any atom is 0.224 e. The molecule has 1 aromatic rings. The number of nitrogens with one attached hydrogen (secondary N) is 1. The number of sulfonamides is 1. The van der Waals surface area contributed by atoms with Gasteiger partial charge in [-0.05, 0) is 25.0 Å². The first kappa shape index (κ1) is 18.0. The van der Waals surface area contributed by atoms with Crippen LogP contribution in [0.4, 0.5) is 0 Å². The van der Waals surface area contributed by atoms with Gasteiger partial charge in [0.05, 0.1) is 23.7 Å². The molecule has 0 aliphatic carbocycles. The summed E-state index contributed by atoms with van der Waals surface area (Å²) in [6.45, 7) is 1.38. The molecule has 1 N–H and O–H groups in total. The van der Waals surface area contributed by atoms with Crippen LogP contribution in [0.15, 0.2) is 24.3 Å². The van der Waals surface area contributed by atoms with Crippen molar-refractivity contribution in [1.82, 2.24) is 9.62 Å². The Morgan fingerprint density at radius 3 is 2.87 bits per heavy atom. The molecular weight excluding hydrogens is 340 g/mol. The molecule has 128 valence electrons. The highest BCUT2D eigenvalue weighted by molar-refractivity contribution is 7.88. The van der Waals surface area contributed by atoms with Gasteiger partial charge >= 0.3 is 0 Å². The fraction of sp³-hybridized carbons (Fsp3) is 0.533. The molecule has 1 aromatic carbocycles. The molecule has 2 rings (SSSR count).